The molecule has 0 atom stereocenters. The number of benzene rings is 2. The molecule has 2 aliphatic heterocycles. The fourth-order valence-electron chi connectivity index (χ4n) is 6.10. The van der Waals surface area contributed by atoms with Crippen molar-refractivity contribution in [3.05, 3.63) is 65.9 Å². The number of pyridine rings is 1. The van der Waals surface area contributed by atoms with Crippen molar-refractivity contribution in [1.82, 2.24) is 19.5 Å². The van der Waals surface area contributed by atoms with Crippen LogP contribution in [0.4, 0.5) is 5.69 Å². The summed E-state index contributed by atoms with van der Waals surface area (Å²) in [4.78, 5) is 33.7. The molecule has 236 valence electrons. The Morgan fingerprint density at radius 3 is 2.48 bits per heavy atom. The smallest absolute Gasteiger partial charge is 0.305 e. The highest BCUT2D eigenvalue weighted by molar-refractivity contribution is 7.89. The Morgan fingerprint density at radius 1 is 1.02 bits per heavy atom. The Morgan fingerprint density at radius 2 is 1.75 bits per heavy atom. The molecular formula is C32H40ClN5O5S. The zero-order chi connectivity index (χ0) is 31.2. The second-order valence-electron chi connectivity index (χ2n) is 11.6. The maximum absolute atomic E-state index is 13.5. The van der Waals surface area contributed by atoms with E-state index in [2.05, 4.69) is 15.2 Å². The van der Waals surface area contributed by atoms with Crippen molar-refractivity contribution in [3.8, 4) is 0 Å². The van der Waals surface area contributed by atoms with Gasteiger partial charge in [-0.2, -0.15) is 4.31 Å². The van der Waals surface area contributed by atoms with Gasteiger partial charge in [-0.05, 0) is 79.9 Å². The fraction of sp³-hybridized carbons (Fsp3) is 0.469. The van der Waals surface area contributed by atoms with Crippen LogP contribution >= 0.6 is 11.6 Å². The molecule has 10 nitrogen and oxygen atoms in total. The van der Waals surface area contributed by atoms with Crippen LogP contribution in [0.25, 0.3) is 10.8 Å². The summed E-state index contributed by atoms with van der Waals surface area (Å²) < 4.78 is 33.4. The standard InChI is InChI=1S/C32H40ClN5O5S/c1-2-43-31(40)4-3-13-35-23-32(11-16-36(17-12-32)28-9-14-34-15-10-28)24-37-18-19-38(22-30(37)39)44(41,42)29-8-6-25-20-27(33)7-5-26(25)21-29/h5-10,14-15,20-21,35H,2-4,11-13,16-19,22-24H2,1H3. The number of aromatic nitrogens is 1. The maximum Gasteiger partial charge on any atom is 0.305 e. The van der Waals surface area contributed by atoms with E-state index < -0.39 is 10.0 Å². The lowest BCUT2D eigenvalue weighted by molar-refractivity contribution is -0.143. The third kappa shape index (κ3) is 7.69. The Labute approximate surface area is 264 Å². The van der Waals surface area contributed by atoms with Gasteiger partial charge in [0.15, 0.2) is 0 Å². The second-order valence-corrected chi connectivity index (χ2v) is 14.0. The monoisotopic (exact) mass is 641 g/mol. The molecule has 2 fully saturated rings. The molecule has 1 amide bonds. The third-order valence-corrected chi connectivity index (χ3v) is 10.7. The molecule has 3 heterocycles. The van der Waals surface area contributed by atoms with Gasteiger partial charge in [-0.3, -0.25) is 14.6 Å². The molecule has 1 aromatic heterocycles. The quantitative estimate of drug-likeness (QED) is 0.234. The van der Waals surface area contributed by atoms with Gasteiger partial charge in [0.25, 0.3) is 0 Å². The number of fused-ring (bicyclic) bond motifs is 1. The Hall–Kier alpha value is -3.25. The van der Waals surface area contributed by atoms with Crippen LogP contribution in [0.1, 0.15) is 32.6 Å². The molecule has 0 bridgehead atoms. The molecule has 3 aromatic rings. The molecule has 0 unspecified atom stereocenters. The summed E-state index contributed by atoms with van der Waals surface area (Å²) in [5, 5.41) is 5.75. The molecular weight excluding hydrogens is 602 g/mol. The van der Waals surface area contributed by atoms with Gasteiger partial charge in [0, 0.05) is 74.2 Å². The average Bonchev–Trinajstić information content (AvgIpc) is 3.02. The van der Waals surface area contributed by atoms with Crippen LogP contribution in [0.2, 0.25) is 5.02 Å². The van der Waals surface area contributed by atoms with Crippen molar-refractivity contribution in [1.29, 1.82) is 0 Å². The van der Waals surface area contributed by atoms with Crippen LogP contribution in [-0.2, 0) is 24.3 Å². The number of carbonyl (C=O) groups is 2. The number of nitrogens with zero attached hydrogens (tertiary/aromatic N) is 4. The Bertz CT molecular complexity index is 1560. The molecule has 5 rings (SSSR count). The van der Waals surface area contributed by atoms with Crippen LogP contribution in [0.3, 0.4) is 0 Å². The number of hydrogen-bond acceptors (Lipinski definition) is 8. The lowest BCUT2D eigenvalue weighted by Crippen LogP contribution is -2.57. The largest absolute Gasteiger partial charge is 0.466 e. The van der Waals surface area contributed by atoms with Crippen molar-refractivity contribution in [2.75, 3.05) is 63.9 Å². The summed E-state index contributed by atoms with van der Waals surface area (Å²) in [6.45, 7) is 6.16. The number of rotatable bonds is 12. The number of ether oxygens (including phenoxy) is 1. The van der Waals surface area contributed by atoms with E-state index in [0.717, 1.165) is 42.4 Å². The number of esters is 1. The van der Waals surface area contributed by atoms with Gasteiger partial charge < -0.3 is 19.9 Å². The van der Waals surface area contributed by atoms with E-state index in [-0.39, 0.29) is 35.3 Å². The van der Waals surface area contributed by atoms with Crippen LogP contribution in [0.5, 0.6) is 0 Å². The third-order valence-electron chi connectivity index (χ3n) is 8.61. The number of nitrogens with one attached hydrogen (secondary N) is 1. The number of piperidine rings is 1. The fourth-order valence-corrected chi connectivity index (χ4v) is 7.69. The summed E-state index contributed by atoms with van der Waals surface area (Å²) in [7, 11) is -3.85. The minimum absolute atomic E-state index is 0.167. The van der Waals surface area contributed by atoms with E-state index in [1.807, 2.05) is 17.0 Å². The van der Waals surface area contributed by atoms with Gasteiger partial charge in [0.1, 0.15) is 0 Å². The molecule has 0 radical (unpaired) electrons. The Balaban J connectivity index is 1.23. The summed E-state index contributed by atoms with van der Waals surface area (Å²) >= 11 is 6.08. The lowest BCUT2D eigenvalue weighted by atomic mass is 9.77. The van der Waals surface area contributed by atoms with Gasteiger partial charge in [-0.1, -0.05) is 23.7 Å². The van der Waals surface area contributed by atoms with Crippen LogP contribution in [0, 0.1) is 5.41 Å². The van der Waals surface area contributed by atoms with E-state index in [9.17, 15) is 18.0 Å². The summed E-state index contributed by atoms with van der Waals surface area (Å²) in [5.74, 6) is -0.383. The van der Waals surface area contributed by atoms with Crippen LogP contribution in [-0.4, -0.2) is 93.4 Å². The highest BCUT2D eigenvalue weighted by Crippen LogP contribution is 2.35. The van der Waals surface area contributed by atoms with Gasteiger partial charge in [0.2, 0.25) is 15.9 Å². The number of anilines is 1. The minimum atomic E-state index is -3.85. The summed E-state index contributed by atoms with van der Waals surface area (Å²) in [5.41, 5.74) is 0.951. The van der Waals surface area contributed by atoms with Crippen molar-refractivity contribution in [2.24, 2.45) is 5.41 Å². The topological polar surface area (TPSA) is 112 Å². The molecule has 1 N–H and O–H groups in total. The minimum Gasteiger partial charge on any atom is -0.466 e. The van der Waals surface area contributed by atoms with E-state index in [0.29, 0.717) is 50.7 Å². The SMILES string of the molecule is CCOC(=O)CCCNCC1(CN2CCN(S(=O)(=O)c3ccc4cc(Cl)ccc4c3)CC2=O)CCN(c2ccncc2)CC1. The molecule has 2 saturated heterocycles. The average molecular weight is 642 g/mol. The van der Waals surface area contributed by atoms with E-state index in [4.69, 9.17) is 16.3 Å². The first-order valence-electron chi connectivity index (χ1n) is 15.2. The van der Waals surface area contributed by atoms with Crippen LogP contribution in [0.15, 0.2) is 65.8 Å². The molecule has 2 aliphatic rings. The van der Waals surface area contributed by atoms with Gasteiger partial charge in [0.05, 0.1) is 18.0 Å². The first-order chi connectivity index (χ1) is 21.2. The highest BCUT2D eigenvalue weighted by atomic mass is 35.5. The highest BCUT2D eigenvalue weighted by Gasteiger charge is 2.40. The molecule has 0 spiro atoms. The molecule has 0 saturated carbocycles. The molecule has 12 heteroatoms. The summed E-state index contributed by atoms with van der Waals surface area (Å²) in [6.07, 6.45) is 6.36. The number of hydrogen-bond donors (Lipinski definition) is 1. The number of sulfonamides is 1. The van der Waals surface area contributed by atoms with Crippen molar-refractivity contribution < 1.29 is 22.7 Å². The zero-order valence-corrected chi connectivity index (χ0v) is 26.7. The maximum atomic E-state index is 13.5. The van der Waals surface area contributed by atoms with Crippen molar-refractivity contribution in [2.45, 2.75) is 37.5 Å². The van der Waals surface area contributed by atoms with Crippen molar-refractivity contribution >= 4 is 50.0 Å². The number of piperazine rings is 1. The molecule has 44 heavy (non-hydrogen) atoms. The van der Waals surface area contributed by atoms with Gasteiger partial charge >= 0.3 is 5.97 Å². The van der Waals surface area contributed by atoms with Crippen molar-refractivity contribution in [3.63, 3.8) is 0 Å². The first kappa shape index (κ1) is 32.2. The van der Waals surface area contributed by atoms with Crippen LogP contribution < -0.4 is 10.2 Å². The predicted molar refractivity (Wildman–Crippen MR) is 171 cm³/mol. The Kier molecular flexibility index (Phi) is 10.4. The van der Waals surface area contributed by atoms with Gasteiger partial charge in [-0.15, -0.1) is 0 Å². The second kappa shape index (κ2) is 14.2. The zero-order valence-electron chi connectivity index (χ0n) is 25.1. The molecule has 0 aliphatic carbocycles. The number of amides is 1. The number of halogens is 1. The lowest BCUT2D eigenvalue weighted by Gasteiger charge is -2.46. The van der Waals surface area contributed by atoms with E-state index in [1.165, 1.54) is 4.31 Å². The number of carbonyl (C=O) groups excluding carboxylic acids is 2. The van der Waals surface area contributed by atoms with Gasteiger partial charge in [-0.25, -0.2) is 8.42 Å². The first-order valence-corrected chi connectivity index (χ1v) is 17.0. The predicted octanol–water partition coefficient (Wildman–Crippen LogP) is 3.94. The van der Waals surface area contributed by atoms with E-state index in [1.54, 1.807) is 55.7 Å². The normalized spacial score (nSPS) is 17.6. The van der Waals surface area contributed by atoms with E-state index >= 15 is 0 Å². The molecule has 2 aromatic carbocycles. The summed E-state index contributed by atoms with van der Waals surface area (Å²) in [6, 6.07) is 14.3.